The standard InChI is InChI=1S/C28H22O4/c1-2-20-18-24(21-12-6-3-7-13-21)26(32-28(30)23-16-10-5-11-17-23)25(19-20)31-27(29)22-14-8-4-9-15-22/h3-19H,2H2,1H3. The van der Waals surface area contributed by atoms with Crippen LogP contribution < -0.4 is 9.47 Å². The molecule has 4 nitrogen and oxygen atoms in total. The minimum absolute atomic E-state index is 0.210. The van der Waals surface area contributed by atoms with E-state index in [1.54, 1.807) is 54.6 Å². The van der Waals surface area contributed by atoms with Gasteiger partial charge in [0.2, 0.25) is 0 Å². The van der Waals surface area contributed by atoms with Crippen molar-refractivity contribution in [3.8, 4) is 22.6 Å². The molecule has 4 aromatic carbocycles. The van der Waals surface area contributed by atoms with Gasteiger partial charge in [0.25, 0.3) is 0 Å². The summed E-state index contributed by atoms with van der Waals surface area (Å²) in [6.45, 7) is 2.02. The van der Waals surface area contributed by atoms with Gasteiger partial charge in [0, 0.05) is 5.56 Å². The molecular weight excluding hydrogens is 400 g/mol. The first-order valence-electron chi connectivity index (χ1n) is 10.4. The molecule has 0 aliphatic rings. The average molecular weight is 422 g/mol. The van der Waals surface area contributed by atoms with Gasteiger partial charge in [-0.25, -0.2) is 9.59 Å². The Hall–Kier alpha value is -4.18. The van der Waals surface area contributed by atoms with Crippen LogP contribution in [0.25, 0.3) is 11.1 Å². The van der Waals surface area contributed by atoms with Crippen LogP contribution in [0.4, 0.5) is 0 Å². The molecule has 0 amide bonds. The molecule has 0 bridgehead atoms. The molecule has 0 N–H and O–H groups in total. The summed E-state index contributed by atoms with van der Waals surface area (Å²) >= 11 is 0. The summed E-state index contributed by atoms with van der Waals surface area (Å²) in [5, 5.41) is 0. The Labute approximate surface area is 187 Å². The number of ether oxygens (including phenoxy) is 2. The van der Waals surface area contributed by atoms with Crippen LogP contribution >= 0.6 is 0 Å². The lowest BCUT2D eigenvalue weighted by molar-refractivity contribution is 0.0683. The fraction of sp³-hybridized carbons (Fsp3) is 0.0714. The number of carbonyl (C=O) groups excluding carboxylic acids is 2. The fourth-order valence-corrected chi connectivity index (χ4v) is 3.34. The first kappa shape index (κ1) is 21.1. The molecule has 0 aliphatic carbocycles. The number of carbonyl (C=O) groups is 2. The number of esters is 2. The normalized spacial score (nSPS) is 10.4. The van der Waals surface area contributed by atoms with Crippen molar-refractivity contribution in [2.45, 2.75) is 13.3 Å². The third-order valence-corrected chi connectivity index (χ3v) is 5.02. The van der Waals surface area contributed by atoms with Gasteiger partial charge in [-0.15, -0.1) is 0 Å². The zero-order chi connectivity index (χ0) is 22.3. The van der Waals surface area contributed by atoms with Crippen LogP contribution in [0.1, 0.15) is 33.2 Å². The van der Waals surface area contributed by atoms with Crippen molar-refractivity contribution < 1.29 is 19.1 Å². The van der Waals surface area contributed by atoms with Gasteiger partial charge >= 0.3 is 11.9 Å². The lowest BCUT2D eigenvalue weighted by atomic mass is 10.00. The van der Waals surface area contributed by atoms with Crippen LogP contribution in [0.15, 0.2) is 103 Å². The topological polar surface area (TPSA) is 52.6 Å². The smallest absolute Gasteiger partial charge is 0.343 e. The van der Waals surface area contributed by atoms with Gasteiger partial charge < -0.3 is 9.47 Å². The molecule has 4 aromatic rings. The molecule has 4 rings (SSSR count). The molecular formula is C28H22O4. The monoisotopic (exact) mass is 422 g/mol. The molecule has 0 atom stereocenters. The van der Waals surface area contributed by atoms with Crippen molar-refractivity contribution in [3.63, 3.8) is 0 Å². The highest BCUT2D eigenvalue weighted by atomic mass is 16.6. The van der Waals surface area contributed by atoms with E-state index in [-0.39, 0.29) is 11.5 Å². The second kappa shape index (κ2) is 9.75. The summed E-state index contributed by atoms with van der Waals surface area (Å²) in [6, 6.07) is 30.8. The van der Waals surface area contributed by atoms with Crippen LogP contribution in [-0.2, 0) is 6.42 Å². The van der Waals surface area contributed by atoms with Gasteiger partial charge in [-0.05, 0) is 53.9 Å². The highest BCUT2D eigenvalue weighted by molar-refractivity contribution is 5.95. The maximum atomic E-state index is 12.9. The summed E-state index contributed by atoms with van der Waals surface area (Å²) in [6.07, 6.45) is 0.725. The van der Waals surface area contributed by atoms with E-state index in [2.05, 4.69) is 0 Å². The quantitative estimate of drug-likeness (QED) is 0.268. The number of hydrogen-bond donors (Lipinski definition) is 0. The Morgan fingerprint density at radius 1 is 0.656 bits per heavy atom. The van der Waals surface area contributed by atoms with E-state index in [1.807, 2.05) is 55.5 Å². The van der Waals surface area contributed by atoms with E-state index >= 15 is 0 Å². The fourth-order valence-electron chi connectivity index (χ4n) is 3.34. The van der Waals surface area contributed by atoms with E-state index in [9.17, 15) is 9.59 Å². The maximum absolute atomic E-state index is 12.9. The van der Waals surface area contributed by atoms with Crippen molar-refractivity contribution in [1.29, 1.82) is 0 Å². The van der Waals surface area contributed by atoms with Gasteiger partial charge in [0.05, 0.1) is 11.1 Å². The maximum Gasteiger partial charge on any atom is 0.343 e. The number of rotatable bonds is 6. The van der Waals surface area contributed by atoms with E-state index in [0.29, 0.717) is 16.7 Å². The van der Waals surface area contributed by atoms with Crippen LogP contribution in [0.3, 0.4) is 0 Å². The summed E-state index contributed by atoms with van der Waals surface area (Å²) in [5.74, 6) is -0.619. The van der Waals surface area contributed by atoms with Crippen molar-refractivity contribution in [2.24, 2.45) is 0 Å². The molecule has 0 spiro atoms. The number of benzene rings is 4. The zero-order valence-electron chi connectivity index (χ0n) is 17.7. The van der Waals surface area contributed by atoms with Gasteiger partial charge in [-0.1, -0.05) is 73.7 Å². The second-order valence-corrected chi connectivity index (χ2v) is 7.20. The summed E-state index contributed by atoms with van der Waals surface area (Å²) in [4.78, 5) is 25.7. The summed E-state index contributed by atoms with van der Waals surface area (Å²) in [5.41, 5.74) is 3.32. The Bertz CT molecular complexity index is 1220. The Morgan fingerprint density at radius 2 is 1.16 bits per heavy atom. The number of hydrogen-bond acceptors (Lipinski definition) is 4. The predicted molar refractivity (Wildman–Crippen MR) is 124 cm³/mol. The Balaban J connectivity index is 1.81. The molecule has 0 fully saturated rings. The largest absolute Gasteiger partial charge is 0.419 e. The predicted octanol–water partition coefficient (Wildman–Crippen LogP) is 6.35. The highest BCUT2D eigenvalue weighted by Crippen LogP contribution is 2.40. The third kappa shape index (κ3) is 4.76. The lowest BCUT2D eigenvalue weighted by Gasteiger charge is -2.17. The first-order chi connectivity index (χ1) is 15.7. The van der Waals surface area contributed by atoms with Gasteiger partial charge in [-0.3, -0.25) is 0 Å². The molecule has 32 heavy (non-hydrogen) atoms. The molecule has 0 radical (unpaired) electrons. The lowest BCUT2D eigenvalue weighted by Crippen LogP contribution is -2.13. The van der Waals surface area contributed by atoms with Crippen molar-refractivity contribution in [1.82, 2.24) is 0 Å². The van der Waals surface area contributed by atoms with E-state index in [0.717, 1.165) is 17.5 Å². The zero-order valence-corrected chi connectivity index (χ0v) is 17.7. The average Bonchev–Trinajstić information content (AvgIpc) is 2.86. The van der Waals surface area contributed by atoms with Crippen LogP contribution in [0, 0.1) is 0 Å². The van der Waals surface area contributed by atoms with Crippen LogP contribution in [-0.4, -0.2) is 11.9 Å². The molecule has 0 saturated heterocycles. The third-order valence-electron chi connectivity index (χ3n) is 5.02. The summed E-state index contributed by atoms with van der Waals surface area (Å²) in [7, 11) is 0. The van der Waals surface area contributed by atoms with Crippen LogP contribution in [0.5, 0.6) is 11.5 Å². The second-order valence-electron chi connectivity index (χ2n) is 7.20. The van der Waals surface area contributed by atoms with Crippen molar-refractivity contribution in [3.05, 3.63) is 120 Å². The van der Waals surface area contributed by atoms with Crippen LogP contribution in [0.2, 0.25) is 0 Å². The first-order valence-corrected chi connectivity index (χ1v) is 10.4. The molecule has 4 heteroatoms. The minimum Gasteiger partial charge on any atom is -0.419 e. The molecule has 0 aliphatic heterocycles. The van der Waals surface area contributed by atoms with Gasteiger partial charge in [-0.2, -0.15) is 0 Å². The minimum atomic E-state index is -0.524. The molecule has 0 aromatic heterocycles. The van der Waals surface area contributed by atoms with E-state index in [4.69, 9.17) is 9.47 Å². The highest BCUT2D eigenvalue weighted by Gasteiger charge is 2.21. The Morgan fingerprint density at radius 3 is 1.69 bits per heavy atom. The Kier molecular flexibility index (Phi) is 6.42. The molecule has 0 heterocycles. The summed E-state index contributed by atoms with van der Waals surface area (Å²) < 4.78 is 11.6. The molecule has 0 unspecified atom stereocenters. The van der Waals surface area contributed by atoms with Gasteiger partial charge in [0.1, 0.15) is 0 Å². The van der Waals surface area contributed by atoms with E-state index < -0.39 is 11.9 Å². The van der Waals surface area contributed by atoms with Crippen molar-refractivity contribution >= 4 is 11.9 Å². The van der Waals surface area contributed by atoms with Crippen molar-refractivity contribution in [2.75, 3.05) is 0 Å². The molecule has 0 saturated carbocycles. The molecule has 158 valence electrons. The number of aryl methyl sites for hydroxylation is 1. The SMILES string of the molecule is CCc1cc(OC(=O)c2ccccc2)c(OC(=O)c2ccccc2)c(-c2ccccc2)c1. The van der Waals surface area contributed by atoms with E-state index in [1.165, 1.54) is 0 Å². The van der Waals surface area contributed by atoms with Gasteiger partial charge in [0.15, 0.2) is 11.5 Å².